The summed E-state index contributed by atoms with van der Waals surface area (Å²) in [5.74, 6) is 1.30. The van der Waals surface area contributed by atoms with E-state index in [0.717, 1.165) is 0 Å². The van der Waals surface area contributed by atoms with Crippen molar-refractivity contribution in [1.82, 2.24) is 39.9 Å². The highest BCUT2D eigenvalue weighted by molar-refractivity contribution is 7.93. The summed E-state index contributed by atoms with van der Waals surface area (Å²) in [6.07, 6.45) is 1.73. The Morgan fingerprint density at radius 2 is 1.81 bits per heavy atom. The van der Waals surface area contributed by atoms with Gasteiger partial charge >= 0.3 is 0 Å². The number of methoxy groups -OCH3 is 2. The number of halogens is 1. The van der Waals surface area contributed by atoms with Crippen molar-refractivity contribution < 1.29 is 22.4 Å². The van der Waals surface area contributed by atoms with E-state index < -0.39 is 27.4 Å². The Labute approximate surface area is 217 Å². The maximum absolute atomic E-state index is 13.5. The highest BCUT2D eigenvalue weighted by Gasteiger charge is 2.35. The first-order valence-corrected chi connectivity index (χ1v) is 12.9. The van der Waals surface area contributed by atoms with Crippen LogP contribution < -0.4 is 9.46 Å². The number of anilines is 1. The van der Waals surface area contributed by atoms with Crippen LogP contribution in [0.5, 0.6) is 5.88 Å². The van der Waals surface area contributed by atoms with E-state index in [4.69, 9.17) is 25.6 Å². The standard InChI is InChI=1S/C21H24ClN9O5S/c1-11(18-25-13(3)36-29-18)31-20(15-7-6-8-16(26-15)34-4)27-28-21(31)30-37(32,33)12(2)17(35-5)19-23-9-14(22)10-24-19/h6-12,17H,1-5H3,(H,28,30)/t11-,12-,17-/m0/s1. The monoisotopic (exact) mass is 549 g/mol. The molecule has 0 fully saturated rings. The lowest BCUT2D eigenvalue weighted by Crippen LogP contribution is -2.33. The molecular weight excluding hydrogens is 526 g/mol. The number of nitrogens with zero attached hydrogens (tertiary/aromatic N) is 8. The molecule has 0 spiro atoms. The zero-order valence-electron chi connectivity index (χ0n) is 20.5. The van der Waals surface area contributed by atoms with Crippen molar-refractivity contribution in [2.45, 2.75) is 38.2 Å². The molecule has 0 unspecified atom stereocenters. The summed E-state index contributed by atoms with van der Waals surface area (Å²) in [6.45, 7) is 4.86. The van der Waals surface area contributed by atoms with Gasteiger partial charge in [-0.2, -0.15) is 4.98 Å². The van der Waals surface area contributed by atoms with Crippen LogP contribution >= 0.6 is 11.6 Å². The molecule has 37 heavy (non-hydrogen) atoms. The predicted molar refractivity (Wildman–Crippen MR) is 131 cm³/mol. The molecule has 0 aliphatic rings. The van der Waals surface area contributed by atoms with Crippen LogP contribution in [0.2, 0.25) is 5.02 Å². The van der Waals surface area contributed by atoms with Crippen molar-refractivity contribution in [2.24, 2.45) is 0 Å². The fourth-order valence-electron chi connectivity index (χ4n) is 3.51. The Kier molecular flexibility index (Phi) is 7.65. The summed E-state index contributed by atoms with van der Waals surface area (Å²) < 4.78 is 46.7. The molecule has 0 bridgehead atoms. The summed E-state index contributed by atoms with van der Waals surface area (Å²) in [7, 11) is -1.27. The van der Waals surface area contributed by atoms with Gasteiger partial charge in [0.25, 0.3) is 0 Å². The minimum Gasteiger partial charge on any atom is -0.481 e. The number of aryl methyl sites for hydroxylation is 1. The normalized spacial score (nSPS) is 14.2. The van der Waals surface area contributed by atoms with Gasteiger partial charge in [-0.05, 0) is 19.9 Å². The van der Waals surface area contributed by atoms with Gasteiger partial charge in [0.05, 0.1) is 18.2 Å². The summed E-state index contributed by atoms with van der Waals surface area (Å²) in [5.41, 5.74) is 0.391. The van der Waals surface area contributed by atoms with E-state index in [1.807, 2.05) is 0 Å². The molecule has 4 heterocycles. The lowest BCUT2D eigenvalue weighted by Gasteiger charge is -2.22. The number of aromatic nitrogens is 8. The molecule has 0 aromatic carbocycles. The van der Waals surface area contributed by atoms with E-state index >= 15 is 0 Å². The van der Waals surface area contributed by atoms with E-state index in [1.54, 1.807) is 32.0 Å². The molecular formula is C21H24ClN9O5S. The van der Waals surface area contributed by atoms with Crippen LogP contribution in [0.3, 0.4) is 0 Å². The fraction of sp³-hybridized carbons (Fsp3) is 0.381. The molecule has 0 radical (unpaired) electrons. The van der Waals surface area contributed by atoms with Crippen molar-refractivity contribution in [3.8, 4) is 17.4 Å². The highest BCUT2D eigenvalue weighted by atomic mass is 35.5. The molecule has 3 atom stereocenters. The highest BCUT2D eigenvalue weighted by Crippen LogP contribution is 2.30. The third-order valence-electron chi connectivity index (χ3n) is 5.46. The van der Waals surface area contributed by atoms with Gasteiger partial charge in [-0.25, -0.2) is 23.4 Å². The Bertz CT molecular complexity index is 1480. The first-order valence-electron chi connectivity index (χ1n) is 10.9. The second-order valence-electron chi connectivity index (χ2n) is 7.90. The third kappa shape index (κ3) is 5.52. The lowest BCUT2D eigenvalue weighted by atomic mass is 10.2. The van der Waals surface area contributed by atoms with Gasteiger partial charge < -0.3 is 14.0 Å². The van der Waals surface area contributed by atoms with Crippen LogP contribution in [-0.2, 0) is 14.8 Å². The maximum Gasteiger partial charge on any atom is 0.240 e. The molecule has 14 nitrogen and oxygen atoms in total. The summed E-state index contributed by atoms with van der Waals surface area (Å²) in [4.78, 5) is 16.9. The first-order chi connectivity index (χ1) is 17.6. The molecule has 4 aromatic rings. The molecule has 1 N–H and O–H groups in total. The Morgan fingerprint density at radius 1 is 1.08 bits per heavy atom. The van der Waals surface area contributed by atoms with Crippen LogP contribution in [0.1, 0.15) is 43.5 Å². The van der Waals surface area contributed by atoms with E-state index in [1.165, 1.54) is 38.1 Å². The maximum atomic E-state index is 13.5. The Hall–Kier alpha value is -3.69. The van der Waals surface area contributed by atoms with Crippen molar-refractivity contribution in [2.75, 3.05) is 18.9 Å². The van der Waals surface area contributed by atoms with E-state index in [2.05, 4.69) is 40.0 Å². The molecule has 196 valence electrons. The summed E-state index contributed by atoms with van der Waals surface area (Å²) in [5, 5.41) is 11.5. The summed E-state index contributed by atoms with van der Waals surface area (Å²) in [6, 6.07) is 4.45. The van der Waals surface area contributed by atoms with Crippen molar-refractivity contribution in [1.29, 1.82) is 0 Å². The number of nitrogens with one attached hydrogen (secondary N) is 1. The Balaban J connectivity index is 1.74. The second kappa shape index (κ2) is 10.7. The first kappa shape index (κ1) is 26.4. The number of rotatable bonds is 10. The van der Waals surface area contributed by atoms with Gasteiger partial charge in [0.2, 0.25) is 27.7 Å². The summed E-state index contributed by atoms with van der Waals surface area (Å²) >= 11 is 5.86. The second-order valence-corrected chi connectivity index (χ2v) is 10.4. The van der Waals surface area contributed by atoms with Gasteiger partial charge in [0.1, 0.15) is 17.0 Å². The molecule has 16 heteroatoms. The van der Waals surface area contributed by atoms with Gasteiger partial charge in [-0.3, -0.25) is 9.29 Å². The zero-order chi connectivity index (χ0) is 26.7. The number of pyridine rings is 1. The topological polar surface area (TPSA) is 173 Å². The average molecular weight is 550 g/mol. The fourth-order valence-corrected chi connectivity index (χ4v) is 4.75. The van der Waals surface area contributed by atoms with Crippen LogP contribution in [-0.4, -0.2) is 67.7 Å². The van der Waals surface area contributed by atoms with Crippen LogP contribution in [0, 0.1) is 6.92 Å². The van der Waals surface area contributed by atoms with Gasteiger partial charge in [-0.1, -0.05) is 22.8 Å². The van der Waals surface area contributed by atoms with Gasteiger partial charge in [0, 0.05) is 32.5 Å². The minimum absolute atomic E-state index is 0.0895. The number of ether oxygens (including phenoxy) is 2. The van der Waals surface area contributed by atoms with Crippen molar-refractivity contribution in [3.05, 3.63) is 53.2 Å². The molecule has 0 aliphatic carbocycles. The van der Waals surface area contributed by atoms with Crippen molar-refractivity contribution >= 4 is 27.6 Å². The minimum atomic E-state index is -4.12. The molecule has 4 aromatic heterocycles. The number of hydrogen-bond acceptors (Lipinski definition) is 12. The van der Waals surface area contributed by atoms with Crippen LogP contribution in [0.25, 0.3) is 11.5 Å². The van der Waals surface area contributed by atoms with E-state index in [0.29, 0.717) is 28.3 Å². The molecule has 0 amide bonds. The number of hydrogen-bond donors (Lipinski definition) is 1. The molecule has 0 saturated heterocycles. The zero-order valence-corrected chi connectivity index (χ0v) is 22.1. The van der Waals surface area contributed by atoms with Crippen LogP contribution in [0.4, 0.5) is 5.95 Å². The van der Waals surface area contributed by atoms with Gasteiger partial charge in [-0.15, -0.1) is 10.2 Å². The van der Waals surface area contributed by atoms with E-state index in [-0.39, 0.29) is 17.6 Å². The molecule has 0 aliphatic heterocycles. The van der Waals surface area contributed by atoms with E-state index in [9.17, 15) is 8.42 Å². The van der Waals surface area contributed by atoms with Gasteiger partial charge in [0.15, 0.2) is 17.5 Å². The SMILES string of the molecule is COc1cccc(-c2nnc(NS(=O)(=O)[C@@H](C)[C@H](OC)c3ncc(Cl)cn3)n2[C@@H](C)c2noc(C)n2)n1. The average Bonchev–Trinajstić information content (AvgIpc) is 3.51. The smallest absolute Gasteiger partial charge is 0.240 e. The lowest BCUT2D eigenvalue weighted by molar-refractivity contribution is 0.0950. The van der Waals surface area contributed by atoms with Crippen LogP contribution in [0.15, 0.2) is 35.1 Å². The largest absolute Gasteiger partial charge is 0.481 e. The quantitative estimate of drug-likeness (QED) is 0.306. The van der Waals surface area contributed by atoms with Crippen molar-refractivity contribution in [3.63, 3.8) is 0 Å². The Morgan fingerprint density at radius 3 is 2.43 bits per heavy atom. The molecule has 4 rings (SSSR count). The third-order valence-corrected chi connectivity index (χ3v) is 7.35. The molecule has 0 saturated carbocycles. The number of sulfonamides is 1. The predicted octanol–water partition coefficient (Wildman–Crippen LogP) is 2.61.